The normalized spacial score (nSPS) is 16.0. The summed E-state index contributed by atoms with van der Waals surface area (Å²) in [6.45, 7) is 0. The number of ether oxygens (including phenoxy) is 2. The van der Waals surface area contributed by atoms with E-state index in [0.29, 0.717) is 17.3 Å². The first-order chi connectivity index (χ1) is 13.5. The Morgan fingerprint density at radius 2 is 1.71 bits per heavy atom. The molecule has 4 rings (SSSR count). The Labute approximate surface area is 166 Å². The molecule has 2 aromatic carbocycles. The van der Waals surface area contributed by atoms with Gasteiger partial charge in [-0.2, -0.15) is 0 Å². The summed E-state index contributed by atoms with van der Waals surface area (Å²) in [5, 5.41) is 0. The lowest BCUT2D eigenvalue weighted by atomic mass is 9.90. The zero-order chi connectivity index (χ0) is 19.8. The van der Waals surface area contributed by atoms with Crippen LogP contribution in [0.3, 0.4) is 0 Å². The van der Waals surface area contributed by atoms with Gasteiger partial charge in [0, 0.05) is 25.5 Å². The molecule has 7 heteroatoms. The fraction of sp³-hybridized carbons (Fsp3) is 0.238. The van der Waals surface area contributed by atoms with Crippen molar-refractivity contribution in [3.05, 3.63) is 68.6 Å². The van der Waals surface area contributed by atoms with E-state index in [1.807, 2.05) is 42.5 Å². The van der Waals surface area contributed by atoms with E-state index in [4.69, 9.17) is 9.47 Å². The largest absolute Gasteiger partial charge is 0.497 e. The van der Waals surface area contributed by atoms with E-state index in [1.54, 1.807) is 36.8 Å². The van der Waals surface area contributed by atoms with E-state index in [9.17, 15) is 9.59 Å². The number of carbonyl (C=O) groups excluding carboxylic acids is 1. The van der Waals surface area contributed by atoms with Gasteiger partial charge in [-0.05, 0) is 29.8 Å². The third-order valence-electron chi connectivity index (χ3n) is 5.00. The average molecular weight is 396 g/mol. The van der Waals surface area contributed by atoms with Gasteiger partial charge in [0.25, 0.3) is 0 Å². The molecule has 0 bridgehead atoms. The fourth-order valence-electron chi connectivity index (χ4n) is 3.55. The van der Waals surface area contributed by atoms with Crippen LogP contribution in [0.2, 0.25) is 0 Å². The molecule has 144 valence electrons. The van der Waals surface area contributed by atoms with Crippen molar-refractivity contribution in [2.75, 3.05) is 19.1 Å². The van der Waals surface area contributed by atoms with Crippen molar-refractivity contribution in [1.29, 1.82) is 0 Å². The topological polar surface area (TPSA) is 60.8 Å². The number of aromatic nitrogens is 1. The molecule has 0 aliphatic carbocycles. The Morgan fingerprint density at radius 1 is 1.00 bits per heavy atom. The van der Waals surface area contributed by atoms with Crippen LogP contribution in [-0.2, 0) is 11.8 Å². The van der Waals surface area contributed by atoms with E-state index >= 15 is 0 Å². The van der Waals surface area contributed by atoms with Gasteiger partial charge in [-0.25, -0.2) is 0 Å². The van der Waals surface area contributed by atoms with Crippen molar-refractivity contribution >= 4 is 28.7 Å². The smallest absolute Gasteiger partial charge is 0.308 e. The first kappa shape index (κ1) is 18.3. The van der Waals surface area contributed by atoms with Crippen molar-refractivity contribution in [2.45, 2.75) is 12.3 Å². The standard InChI is InChI=1S/C21H20N2O4S/c1-22-20-19(28-21(22)25)17(13-7-9-15(26-2)10-8-13)12-18(24)23(20)14-5-4-6-16(11-14)27-3/h4-11,17H,12H2,1-3H3. The van der Waals surface area contributed by atoms with Gasteiger partial charge in [-0.1, -0.05) is 29.5 Å². The van der Waals surface area contributed by atoms with Crippen LogP contribution in [0.15, 0.2) is 53.3 Å². The van der Waals surface area contributed by atoms with Crippen molar-refractivity contribution in [1.82, 2.24) is 4.57 Å². The minimum absolute atomic E-state index is 0.0602. The maximum Gasteiger partial charge on any atom is 0.308 e. The highest BCUT2D eigenvalue weighted by molar-refractivity contribution is 7.10. The van der Waals surface area contributed by atoms with Crippen LogP contribution >= 0.6 is 11.3 Å². The van der Waals surface area contributed by atoms with Crippen LogP contribution in [0.25, 0.3) is 0 Å². The minimum atomic E-state index is -0.158. The van der Waals surface area contributed by atoms with Crippen LogP contribution in [-0.4, -0.2) is 24.7 Å². The van der Waals surface area contributed by atoms with Crippen molar-refractivity contribution < 1.29 is 14.3 Å². The lowest BCUT2D eigenvalue weighted by Gasteiger charge is -2.32. The summed E-state index contributed by atoms with van der Waals surface area (Å²) in [5.74, 6) is 1.82. The molecule has 0 saturated carbocycles. The number of hydrogen-bond donors (Lipinski definition) is 0. The van der Waals surface area contributed by atoms with Crippen LogP contribution in [0, 0.1) is 0 Å². The van der Waals surface area contributed by atoms with Crippen LogP contribution in [0.5, 0.6) is 11.5 Å². The Hall–Kier alpha value is -3.06. The predicted octanol–water partition coefficient (Wildman–Crippen LogP) is 3.66. The number of methoxy groups -OCH3 is 2. The maximum absolute atomic E-state index is 13.2. The van der Waals surface area contributed by atoms with Gasteiger partial charge in [-0.3, -0.25) is 19.1 Å². The van der Waals surface area contributed by atoms with Gasteiger partial charge in [0.1, 0.15) is 17.3 Å². The zero-order valence-corrected chi connectivity index (χ0v) is 16.7. The van der Waals surface area contributed by atoms with E-state index in [0.717, 1.165) is 16.2 Å². The molecule has 1 aliphatic heterocycles. The first-order valence-corrected chi connectivity index (χ1v) is 9.65. The van der Waals surface area contributed by atoms with Gasteiger partial charge >= 0.3 is 4.87 Å². The number of thiazole rings is 1. The summed E-state index contributed by atoms with van der Waals surface area (Å²) in [4.78, 5) is 28.1. The average Bonchev–Trinajstić information content (AvgIpc) is 3.02. The summed E-state index contributed by atoms with van der Waals surface area (Å²) in [6, 6.07) is 15.0. The van der Waals surface area contributed by atoms with Crippen molar-refractivity contribution in [2.24, 2.45) is 7.05 Å². The highest BCUT2D eigenvalue weighted by atomic mass is 32.1. The number of fused-ring (bicyclic) bond motifs is 1. The molecule has 0 fully saturated rings. The highest BCUT2D eigenvalue weighted by Crippen LogP contribution is 2.45. The summed E-state index contributed by atoms with van der Waals surface area (Å²) in [7, 11) is 4.91. The summed E-state index contributed by atoms with van der Waals surface area (Å²) in [6.07, 6.45) is 0.288. The fourth-order valence-corrected chi connectivity index (χ4v) is 4.64. The first-order valence-electron chi connectivity index (χ1n) is 8.84. The van der Waals surface area contributed by atoms with Gasteiger partial charge in [0.05, 0.1) is 24.8 Å². The van der Waals surface area contributed by atoms with Crippen molar-refractivity contribution in [3.63, 3.8) is 0 Å². The number of benzene rings is 2. The number of rotatable bonds is 4. The SMILES string of the molecule is COc1ccc(C2CC(=O)N(c3cccc(OC)c3)c3c2sc(=O)n3C)cc1. The number of nitrogens with zero attached hydrogens (tertiary/aromatic N) is 2. The second-order valence-corrected chi connectivity index (χ2v) is 7.57. The van der Waals surface area contributed by atoms with E-state index in [1.165, 1.54) is 11.3 Å². The van der Waals surface area contributed by atoms with Gasteiger partial charge < -0.3 is 9.47 Å². The molecule has 28 heavy (non-hydrogen) atoms. The number of amides is 1. The lowest BCUT2D eigenvalue weighted by Crippen LogP contribution is -2.34. The van der Waals surface area contributed by atoms with Crippen LogP contribution in [0.4, 0.5) is 11.5 Å². The molecule has 1 aromatic heterocycles. The maximum atomic E-state index is 13.2. The van der Waals surface area contributed by atoms with Gasteiger partial charge in [-0.15, -0.1) is 0 Å². The second-order valence-electron chi connectivity index (χ2n) is 6.58. The molecule has 1 aliphatic rings. The number of anilines is 2. The summed E-state index contributed by atoms with van der Waals surface area (Å²) < 4.78 is 12.1. The third-order valence-corrected chi connectivity index (χ3v) is 6.13. The summed E-state index contributed by atoms with van der Waals surface area (Å²) >= 11 is 1.19. The quantitative estimate of drug-likeness (QED) is 0.675. The molecule has 3 aromatic rings. The molecule has 0 N–H and O–H groups in total. The second kappa shape index (κ2) is 7.16. The molecule has 1 amide bonds. The minimum Gasteiger partial charge on any atom is -0.497 e. The van der Waals surface area contributed by atoms with Crippen molar-refractivity contribution in [3.8, 4) is 11.5 Å². The van der Waals surface area contributed by atoms with E-state index in [-0.39, 0.29) is 23.1 Å². The Bertz CT molecular complexity index is 1080. The lowest BCUT2D eigenvalue weighted by molar-refractivity contribution is -0.118. The molecular weight excluding hydrogens is 376 g/mol. The van der Waals surface area contributed by atoms with E-state index < -0.39 is 0 Å². The molecule has 1 unspecified atom stereocenters. The van der Waals surface area contributed by atoms with Crippen LogP contribution in [0.1, 0.15) is 22.8 Å². The monoisotopic (exact) mass is 396 g/mol. The molecule has 1 atom stereocenters. The molecule has 0 saturated heterocycles. The van der Waals surface area contributed by atoms with Gasteiger partial charge in [0.15, 0.2) is 0 Å². The van der Waals surface area contributed by atoms with E-state index in [2.05, 4.69) is 0 Å². The Kier molecular flexibility index (Phi) is 4.68. The Balaban J connectivity index is 1.85. The van der Waals surface area contributed by atoms with Crippen LogP contribution < -0.4 is 19.2 Å². The summed E-state index contributed by atoms with van der Waals surface area (Å²) in [5.41, 5.74) is 1.68. The van der Waals surface area contributed by atoms with Gasteiger partial charge in [0.2, 0.25) is 5.91 Å². The molecular formula is C21H20N2O4S. The molecule has 6 nitrogen and oxygen atoms in total. The molecule has 0 radical (unpaired) electrons. The molecule has 0 spiro atoms. The predicted molar refractivity (Wildman–Crippen MR) is 109 cm³/mol. The number of hydrogen-bond acceptors (Lipinski definition) is 5. The number of carbonyl (C=O) groups is 1. The Morgan fingerprint density at radius 3 is 2.39 bits per heavy atom. The zero-order valence-electron chi connectivity index (χ0n) is 15.8. The highest BCUT2D eigenvalue weighted by Gasteiger charge is 2.37. The third kappa shape index (κ3) is 2.97. The molecule has 2 heterocycles.